The summed E-state index contributed by atoms with van der Waals surface area (Å²) in [5.41, 5.74) is 2.41. The van der Waals surface area contributed by atoms with Crippen molar-refractivity contribution >= 4 is 34.7 Å². The predicted octanol–water partition coefficient (Wildman–Crippen LogP) is 3.43. The molecular formula is C19H17N5O2. The molecule has 0 aliphatic carbocycles. The van der Waals surface area contributed by atoms with Gasteiger partial charge < -0.3 is 16.0 Å². The molecule has 0 radical (unpaired) electrons. The lowest BCUT2D eigenvalue weighted by Crippen LogP contribution is -2.14. The van der Waals surface area contributed by atoms with Crippen LogP contribution >= 0.6 is 0 Å². The number of nitrogens with one attached hydrogen (secondary N) is 3. The normalized spacial score (nSPS) is 10.0. The van der Waals surface area contributed by atoms with Crippen LogP contribution in [0.4, 0.5) is 22.9 Å². The van der Waals surface area contributed by atoms with Gasteiger partial charge in [-0.25, -0.2) is 0 Å². The van der Waals surface area contributed by atoms with Crippen LogP contribution in [-0.2, 0) is 4.79 Å². The fraction of sp³-hybridized carbons (Fsp3) is 0.0526. The molecule has 0 saturated carbocycles. The number of carbonyl (C=O) groups is 2. The number of amides is 2. The highest BCUT2D eigenvalue weighted by atomic mass is 16.2. The third-order valence-corrected chi connectivity index (χ3v) is 3.41. The molecule has 0 bridgehead atoms. The van der Waals surface area contributed by atoms with Gasteiger partial charge in [-0.1, -0.05) is 18.2 Å². The minimum absolute atomic E-state index is 0.124. The second-order valence-electron chi connectivity index (χ2n) is 5.51. The summed E-state index contributed by atoms with van der Waals surface area (Å²) in [4.78, 5) is 23.2. The average Bonchev–Trinajstić information content (AvgIpc) is 2.64. The first kappa shape index (κ1) is 17.1. The highest BCUT2D eigenvalue weighted by molar-refractivity contribution is 6.02. The monoisotopic (exact) mass is 347 g/mol. The SMILES string of the molecule is CC(=O)Nc1ccc(Nc2ccc(C(=O)Nc3ccccc3)nn2)cc1. The molecule has 7 heteroatoms. The van der Waals surface area contributed by atoms with Gasteiger partial charge in [-0.3, -0.25) is 9.59 Å². The average molecular weight is 347 g/mol. The van der Waals surface area contributed by atoms with Crippen LogP contribution in [0.5, 0.6) is 0 Å². The zero-order chi connectivity index (χ0) is 18.4. The maximum absolute atomic E-state index is 12.1. The molecule has 2 aromatic carbocycles. The van der Waals surface area contributed by atoms with Crippen molar-refractivity contribution in [2.75, 3.05) is 16.0 Å². The van der Waals surface area contributed by atoms with Crippen LogP contribution in [0.2, 0.25) is 0 Å². The summed E-state index contributed by atoms with van der Waals surface area (Å²) in [5, 5.41) is 16.5. The number of rotatable bonds is 5. The molecule has 0 aliphatic rings. The van der Waals surface area contributed by atoms with E-state index in [1.165, 1.54) is 6.92 Å². The highest BCUT2D eigenvalue weighted by Crippen LogP contribution is 2.17. The van der Waals surface area contributed by atoms with E-state index >= 15 is 0 Å². The molecule has 7 nitrogen and oxygen atoms in total. The maximum Gasteiger partial charge on any atom is 0.276 e. The zero-order valence-electron chi connectivity index (χ0n) is 14.1. The van der Waals surface area contributed by atoms with E-state index in [1.807, 2.05) is 30.3 Å². The molecule has 3 N–H and O–H groups in total. The minimum atomic E-state index is -0.324. The lowest BCUT2D eigenvalue weighted by molar-refractivity contribution is -0.114. The van der Waals surface area contributed by atoms with Crippen LogP contribution in [0.3, 0.4) is 0 Å². The van der Waals surface area contributed by atoms with E-state index in [9.17, 15) is 9.59 Å². The van der Waals surface area contributed by atoms with Gasteiger partial charge in [0, 0.05) is 24.0 Å². The van der Waals surface area contributed by atoms with Crippen molar-refractivity contribution < 1.29 is 9.59 Å². The van der Waals surface area contributed by atoms with Crippen molar-refractivity contribution in [1.82, 2.24) is 10.2 Å². The number of para-hydroxylation sites is 1. The van der Waals surface area contributed by atoms with Gasteiger partial charge in [-0.15, -0.1) is 10.2 Å². The molecule has 130 valence electrons. The van der Waals surface area contributed by atoms with Gasteiger partial charge >= 0.3 is 0 Å². The van der Waals surface area contributed by atoms with E-state index in [4.69, 9.17) is 0 Å². The number of benzene rings is 2. The minimum Gasteiger partial charge on any atom is -0.339 e. The molecule has 0 unspecified atom stereocenters. The fourth-order valence-electron chi connectivity index (χ4n) is 2.22. The van der Waals surface area contributed by atoms with Gasteiger partial charge in [0.25, 0.3) is 5.91 Å². The number of nitrogens with zero attached hydrogens (tertiary/aromatic N) is 2. The van der Waals surface area contributed by atoms with Crippen molar-refractivity contribution in [1.29, 1.82) is 0 Å². The Hall–Kier alpha value is -3.74. The summed E-state index contributed by atoms with van der Waals surface area (Å²) >= 11 is 0. The lowest BCUT2D eigenvalue weighted by atomic mass is 10.2. The van der Waals surface area contributed by atoms with Gasteiger partial charge in [0.15, 0.2) is 11.5 Å². The topological polar surface area (TPSA) is 96.0 Å². The number of carbonyl (C=O) groups excluding carboxylic acids is 2. The third-order valence-electron chi connectivity index (χ3n) is 3.41. The van der Waals surface area contributed by atoms with Crippen molar-refractivity contribution in [3.8, 4) is 0 Å². The summed E-state index contributed by atoms with van der Waals surface area (Å²) < 4.78 is 0. The van der Waals surface area contributed by atoms with E-state index in [0.29, 0.717) is 17.2 Å². The molecule has 1 heterocycles. The van der Waals surface area contributed by atoms with Gasteiger partial charge in [0.1, 0.15) is 0 Å². The van der Waals surface area contributed by atoms with Crippen LogP contribution in [0.1, 0.15) is 17.4 Å². The maximum atomic E-state index is 12.1. The molecule has 0 fully saturated rings. The number of hydrogen-bond donors (Lipinski definition) is 3. The Morgan fingerprint density at radius 1 is 0.731 bits per heavy atom. The molecule has 3 aromatic rings. The van der Waals surface area contributed by atoms with E-state index < -0.39 is 0 Å². The smallest absolute Gasteiger partial charge is 0.276 e. The Morgan fingerprint density at radius 3 is 2.00 bits per heavy atom. The molecule has 0 aliphatic heterocycles. The molecule has 3 rings (SSSR count). The third kappa shape index (κ3) is 4.64. The molecule has 0 saturated heterocycles. The van der Waals surface area contributed by atoms with Crippen LogP contribution in [0.25, 0.3) is 0 Å². The zero-order valence-corrected chi connectivity index (χ0v) is 14.1. The summed E-state index contributed by atoms with van der Waals surface area (Å²) in [7, 11) is 0. The Balaban J connectivity index is 1.62. The van der Waals surface area contributed by atoms with E-state index in [1.54, 1.807) is 36.4 Å². The van der Waals surface area contributed by atoms with Crippen LogP contribution < -0.4 is 16.0 Å². The van der Waals surface area contributed by atoms with Crippen molar-refractivity contribution in [2.24, 2.45) is 0 Å². The fourth-order valence-corrected chi connectivity index (χ4v) is 2.22. The molecule has 26 heavy (non-hydrogen) atoms. The van der Waals surface area contributed by atoms with Gasteiger partial charge in [-0.2, -0.15) is 0 Å². The van der Waals surface area contributed by atoms with Gasteiger partial charge in [-0.05, 0) is 48.5 Å². The Bertz CT molecular complexity index is 893. The molecular weight excluding hydrogens is 330 g/mol. The van der Waals surface area contributed by atoms with Crippen LogP contribution in [0.15, 0.2) is 66.7 Å². The summed E-state index contributed by atoms with van der Waals surface area (Å²) in [5.74, 6) is 0.0596. The van der Waals surface area contributed by atoms with E-state index in [2.05, 4.69) is 26.1 Å². The molecule has 2 amide bonds. The number of anilines is 4. The second kappa shape index (κ2) is 7.89. The largest absolute Gasteiger partial charge is 0.339 e. The quantitative estimate of drug-likeness (QED) is 0.657. The first-order valence-corrected chi connectivity index (χ1v) is 7.95. The van der Waals surface area contributed by atoms with Crippen LogP contribution in [-0.4, -0.2) is 22.0 Å². The summed E-state index contributed by atoms with van der Waals surface area (Å²) in [6.45, 7) is 1.46. The van der Waals surface area contributed by atoms with Crippen LogP contribution in [0, 0.1) is 0 Å². The Morgan fingerprint density at radius 2 is 1.38 bits per heavy atom. The number of hydrogen-bond acceptors (Lipinski definition) is 5. The molecule has 1 aromatic heterocycles. The first-order chi connectivity index (χ1) is 12.6. The second-order valence-corrected chi connectivity index (χ2v) is 5.51. The van der Waals surface area contributed by atoms with Crippen molar-refractivity contribution in [3.63, 3.8) is 0 Å². The lowest BCUT2D eigenvalue weighted by Gasteiger charge is -2.08. The van der Waals surface area contributed by atoms with E-state index in [-0.39, 0.29) is 17.5 Å². The Kier molecular flexibility index (Phi) is 5.19. The molecule has 0 spiro atoms. The highest BCUT2D eigenvalue weighted by Gasteiger charge is 2.08. The number of aromatic nitrogens is 2. The van der Waals surface area contributed by atoms with Gasteiger partial charge in [0.05, 0.1) is 0 Å². The van der Waals surface area contributed by atoms with Gasteiger partial charge in [0.2, 0.25) is 5.91 Å². The van der Waals surface area contributed by atoms with Crippen molar-refractivity contribution in [2.45, 2.75) is 6.92 Å². The van der Waals surface area contributed by atoms with E-state index in [0.717, 1.165) is 5.69 Å². The van der Waals surface area contributed by atoms with Crippen molar-refractivity contribution in [3.05, 3.63) is 72.4 Å². The summed E-state index contributed by atoms with van der Waals surface area (Å²) in [6, 6.07) is 19.6. The predicted molar refractivity (Wildman–Crippen MR) is 100 cm³/mol. The summed E-state index contributed by atoms with van der Waals surface area (Å²) in [6.07, 6.45) is 0. The Labute approximate surface area is 150 Å². The standard InChI is InChI=1S/C19H17N5O2/c1-13(25)20-15-7-9-16(10-8-15)21-18-12-11-17(23-24-18)19(26)22-14-5-3-2-4-6-14/h2-12H,1H3,(H,20,25)(H,21,24)(H,22,26). The molecule has 0 atom stereocenters. The first-order valence-electron chi connectivity index (χ1n) is 7.95.